The van der Waals surface area contributed by atoms with E-state index in [1.807, 2.05) is 16.7 Å². The molecule has 3 aliphatic rings. The summed E-state index contributed by atoms with van der Waals surface area (Å²) >= 11 is 1.86. The molecule has 0 radical (unpaired) electrons. The zero-order valence-electron chi connectivity index (χ0n) is 15.0. The first-order valence-corrected chi connectivity index (χ1v) is 10.6. The zero-order chi connectivity index (χ0) is 18.6. The minimum atomic E-state index is -0.414. The van der Waals surface area contributed by atoms with Crippen molar-refractivity contribution in [3.05, 3.63) is 30.0 Å². The summed E-state index contributed by atoms with van der Waals surface area (Å²) in [5.41, 5.74) is 0.895. The van der Waals surface area contributed by atoms with Crippen LogP contribution in [-0.4, -0.2) is 63.9 Å². The highest BCUT2D eigenvalue weighted by Crippen LogP contribution is 2.55. The number of phenols is 1. The number of amides is 2. The number of phenolic OH excluding ortho intramolecular Hbond substituents is 1. The van der Waals surface area contributed by atoms with E-state index in [4.69, 9.17) is 4.42 Å². The maximum Gasteiger partial charge on any atom is 0.258 e. The summed E-state index contributed by atoms with van der Waals surface area (Å²) in [5, 5.41) is 11.1. The fourth-order valence-corrected chi connectivity index (χ4v) is 5.28. The van der Waals surface area contributed by atoms with Crippen LogP contribution in [0, 0.1) is 5.41 Å². The van der Waals surface area contributed by atoms with E-state index in [1.165, 1.54) is 6.26 Å². The number of likely N-dealkylation sites (tertiary alicyclic amines) is 1. The predicted molar refractivity (Wildman–Crippen MR) is 103 cm³/mol. The number of furan rings is 1. The summed E-state index contributed by atoms with van der Waals surface area (Å²) < 4.78 is 5.29. The molecular formula is C20H22N2O4S. The van der Waals surface area contributed by atoms with E-state index in [9.17, 15) is 14.7 Å². The van der Waals surface area contributed by atoms with Crippen molar-refractivity contribution in [2.24, 2.45) is 5.41 Å². The number of carbonyl (C=O) groups excluding carboxylic acids is 2. The molecule has 1 spiro atoms. The monoisotopic (exact) mass is 386 g/mol. The van der Waals surface area contributed by atoms with Crippen LogP contribution in [0.25, 0.3) is 11.0 Å². The first kappa shape index (κ1) is 17.0. The number of hydrogen-bond acceptors (Lipinski definition) is 5. The molecule has 7 heteroatoms. The van der Waals surface area contributed by atoms with Crippen LogP contribution >= 0.6 is 11.8 Å². The zero-order valence-corrected chi connectivity index (χ0v) is 15.8. The Morgan fingerprint density at radius 3 is 2.70 bits per heavy atom. The molecule has 0 bridgehead atoms. The number of nitrogens with zero attached hydrogens (tertiary/aromatic N) is 2. The van der Waals surface area contributed by atoms with Gasteiger partial charge in [0.05, 0.1) is 17.2 Å². The summed E-state index contributed by atoms with van der Waals surface area (Å²) in [6, 6.07) is 4.54. The molecular weight excluding hydrogens is 364 g/mol. The summed E-state index contributed by atoms with van der Waals surface area (Å²) in [4.78, 5) is 30.1. The van der Waals surface area contributed by atoms with Crippen LogP contribution in [0.4, 0.5) is 0 Å². The van der Waals surface area contributed by atoms with Gasteiger partial charge in [0.1, 0.15) is 17.4 Å². The largest absolute Gasteiger partial charge is 0.506 e. The number of thioether (sulfide) groups is 1. The summed E-state index contributed by atoms with van der Waals surface area (Å²) in [5.74, 6) is 1.65. The van der Waals surface area contributed by atoms with E-state index in [0.29, 0.717) is 17.5 Å². The Morgan fingerprint density at radius 1 is 1.19 bits per heavy atom. The van der Waals surface area contributed by atoms with Gasteiger partial charge in [0, 0.05) is 31.1 Å². The Morgan fingerprint density at radius 2 is 1.96 bits per heavy atom. The van der Waals surface area contributed by atoms with Gasteiger partial charge in [-0.2, -0.15) is 11.8 Å². The van der Waals surface area contributed by atoms with Crippen molar-refractivity contribution in [1.82, 2.24) is 9.80 Å². The maximum atomic E-state index is 13.3. The lowest BCUT2D eigenvalue weighted by Gasteiger charge is -2.32. The molecule has 1 saturated carbocycles. The van der Waals surface area contributed by atoms with Gasteiger partial charge < -0.3 is 19.3 Å². The van der Waals surface area contributed by atoms with Gasteiger partial charge in [0.15, 0.2) is 0 Å². The third-order valence-corrected chi connectivity index (χ3v) is 7.11. The number of rotatable bonds is 2. The average molecular weight is 386 g/mol. The Bertz CT molecular complexity index is 914. The van der Waals surface area contributed by atoms with Crippen molar-refractivity contribution in [2.75, 3.05) is 31.1 Å². The van der Waals surface area contributed by atoms with E-state index in [0.717, 1.165) is 43.9 Å². The van der Waals surface area contributed by atoms with Crippen LogP contribution in [0.2, 0.25) is 0 Å². The molecule has 1 N–H and O–H groups in total. The van der Waals surface area contributed by atoms with Crippen molar-refractivity contribution >= 4 is 34.5 Å². The summed E-state index contributed by atoms with van der Waals surface area (Å²) in [7, 11) is 0. The van der Waals surface area contributed by atoms with Gasteiger partial charge in [-0.1, -0.05) is 0 Å². The van der Waals surface area contributed by atoms with Gasteiger partial charge in [-0.15, -0.1) is 0 Å². The molecule has 5 rings (SSSR count). The van der Waals surface area contributed by atoms with E-state index >= 15 is 0 Å². The van der Waals surface area contributed by atoms with E-state index in [-0.39, 0.29) is 28.5 Å². The molecule has 1 aromatic carbocycles. The number of carbonyl (C=O) groups is 2. The van der Waals surface area contributed by atoms with E-state index < -0.39 is 6.04 Å². The number of aromatic hydroxyl groups is 1. The molecule has 142 valence electrons. The average Bonchev–Trinajstić information content (AvgIpc) is 3.11. The molecule has 0 unspecified atom stereocenters. The second-order valence-electron chi connectivity index (χ2n) is 7.88. The summed E-state index contributed by atoms with van der Waals surface area (Å²) in [6.45, 7) is 2.11. The molecule has 27 heavy (non-hydrogen) atoms. The van der Waals surface area contributed by atoms with Gasteiger partial charge in [0.2, 0.25) is 5.91 Å². The number of hydrogen-bond donors (Lipinski definition) is 1. The second kappa shape index (κ2) is 6.19. The Balaban J connectivity index is 1.46. The predicted octanol–water partition coefficient (Wildman–Crippen LogP) is 2.71. The smallest absolute Gasteiger partial charge is 0.258 e. The fraction of sp³-hybridized carbons (Fsp3) is 0.500. The molecule has 3 fully saturated rings. The van der Waals surface area contributed by atoms with Crippen LogP contribution in [0.3, 0.4) is 0 Å². The molecule has 1 atom stereocenters. The lowest BCUT2D eigenvalue weighted by molar-refractivity contribution is -0.134. The molecule has 2 aliphatic heterocycles. The quantitative estimate of drug-likeness (QED) is 0.859. The third kappa shape index (κ3) is 2.79. The van der Waals surface area contributed by atoms with Crippen molar-refractivity contribution in [1.29, 1.82) is 0 Å². The SMILES string of the molecule is O=C([C@@H]1CC2(CC2)CN1C(=O)c1ccc2occc2c1O)N1CCSCC1. The van der Waals surface area contributed by atoms with Crippen LogP contribution in [-0.2, 0) is 4.79 Å². The highest BCUT2D eigenvalue weighted by Gasteiger charge is 2.56. The van der Waals surface area contributed by atoms with Crippen molar-refractivity contribution in [3.8, 4) is 5.75 Å². The third-order valence-electron chi connectivity index (χ3n) is 6.17. The molecule has 2 saturated heterocycles. The highest BCUT2D eigenvalue weighted by molar-refractivity contribution is 7.99. The van der Waals surface area contributed by atoms with Gasteiger partial charge in [-0.05, 0) is 42.9 Å². The van der Waals surface area contributed by atoms with E-state index in [2.05, 4.69) is 0 Å². The Hall–Kier alpha value is -2.15. The standard InChI is InChI=1S/C20H22N2O4S/c23-17-13-3-8-26-16(13)2-1-14(17)18(24)22-12-20(4-5-20)11-15(22)19(25)21-6-9-27-10-7-21/h1-3,8,15,23H,4-7,9-12H2/t15-/m0/s1. The van der Waals surface area contributed by atoms with Gasteiger partial charge in [0.25, 0.3) is 5.91 Å². The number of fused-ring (bicyclic) bond motifs is 1. The first-order chi connectivity index (χ1) is 13.1. The lowest BCUT2D eigenvalue weighted by atomic mass is 10.0. The highest BCUT2D eigenvalue weighted by atomic mass is 32.2. The minimum Gasteiger partial charge on any atom is -0.506 e. The van der Waals surface area contributed by atoms with Gasteiger partial charge in [-0.25, -0.2) is 0 Å². The number of benzene rings is 1. The molecule has 2 amide bonds. The normalized spacial score (nSPS) is 23.9. The van der Waals surface area contributed by atoms with Crippen LogP contribution < -0.4 is 0 Å². The van der Waals surface area contributed by atoms with Crippen molar-refractivity contribution < 1.29 is 19.1 Å². The van der Waals surface area contributed by atoms with E-state index in [1.54, 1.807) is 23.1 Å². The second-order valence-corrected chi connectivity index (χ2v) is 9.11. The Kier molecular flexibility index (Phi) is 3.89. The van der Waals surface area contributed by atoms with Gasteiger partial charge in [-0.3, -0.25) is 9.59 Å². The van der Waals surface area contributed by atoms with Crippen LogP contribution in [0.15, 0.2) is 28.9 Å². The molecule has 2 aromatic rings. The van der Waals surface area contributed by atoms with Crippen LogP contribution in [0.5, 0.6) is 5.75 Å². The van der Waals surface area contributed by atoms with Crippen molar-refractivity contribution in [3.63, 3.8) is 0 Å². The van der Waals surface area contributed by atoms with Crippen LogP contribution in [0.1, 0.15) is 29.6 Å². The van der Waals surface area contributed by atoms with Gasteiger partial charge >= 0.3 is 0 Å². The molecule has 1 aliphatic carbocycles. The minimum absolute atomic E-state index is 0.0660. The maximum absolute atomic E-state index is 13.3. The molecule has 6 nitrogen and oxygen atoms in total. The summed E-state index contributed by atoms with van der Waals surface area (Å²) in [6.07, 6.45) is 4.39. The first-order valence-electron chi connectivity index (χ1n) is 9.45. The van der Waals surface area contributed by atoms with Crippen molar-refractivity contribution in [2.45, 2.75) is 25.3 Å². The fourth-order valence-electron chi connectivity index (χ4n) is 4.38. The topological polar surface area (TPSA) is 74.0 Å². The Labute approximate surface area is 161 Å². The molecule has 3 heterocycles. The molecule has 1 aromatic heterocycles. The lowest BCUT2D eigenvalue weighted by Crippen LogP contribution is -2.50.